The number of sulfonamides is 1. The Balaban J connectivity index is 2.33. The van der Waals surface area contributed by atoms with E-state index < -0.39 is 16.0 Å². The van der Waals surface area contributed by atoms with Crippen LogP contribution in [0, 0.1) is 6.92 Å². The zero-order valence-electron chi connectivity index (χ0n) is 10.9. The molecule has 110 valence electrons. The number of carbonyl (C=O) groups is 1. The minimum atomic E-state index is -3.84. The minimum absolute atomic E-state index is 0.0272. The molecule has 0 aliphatic rings. The highest BCUT2D eigenvalue weighted by molar-refractivity contribution is 7.92. The fraction of sp³-hybridized carbons (Fsp3) is 0.0769. The summed E-state index contributed by atoms with van der Waals surface area (Å²) in [4.78, 5) is 14.5. The predicted molar refractivity (Wildman–Crippen MR) is 78.2 cm³/mol. The Morgan fingerprint density at radius 1 is 1.29 bits per heavy atom. The average Bonchev–Trinajstić information content (AvgIpc) is 2.41. The molecule has 21 heavy (non-hydrogen) atoms. The molecule has 0 amide bonds. The summed E-state index contributed by atoms with van der Waals surface area (Å²) in [5.41, 5.74) is 0.394. The molecule has 0 fully saturated rings. The minimum Gasteiger partial charge on any atom is -0.478 e. The highest BCUT2D eigenvalue weighted by atomic mass is 35.5. The summed E-state index contributed by atoms with van der Waals surface area (Å²) in [6.45, 7) is 1.60. The van der Waals surface area contributed by atoms with Crippen LogP contribution >= 0.6 is 11.6 Å². The van der Waals surface area contributed by atoms with Gasteiger partial charge in [0.1, 0.15) is 5.82 Å². The lowest BCUT2D eigenvalue weighted by Gasteiger charge is -2.10. The molecule has 1 aromatic carbocycles. The Hall–Kier alpha value is -2.12. The molecular formula is C13H11ClN2O4S. The van der Waals surface area contributed by atoms with E-state index in [9.17, 15) is 13.2 Å². The largest absolute Gasteiger partial charge is 0.478 e. The number of aromatic carboxylic acids is 1. The van der Waals surface area contributed by atoms with Crippen LogP contribution in [0.4, 0.5) is 5.82 Å². The number of hydrogen-bond acceptors (Lipinski definition) is 4. The van der Waals surface area contributed by atoms with Gasteiger partial charge in [-0.15, -0.1) is 0 Å². The lowest BCUT2D eigenvalue weighted by molar-refractivity contribution is 0.0696. The summed E-state index contributed by atoms with van der Waals surface area (Å²) in [7, 11) is -3.84. The van der Waals surface area contributed by atoms with Crippen LogP contribution in [0.1, 0.15) is 15.9 Å². The maximum Gasteiger partial charge on any atom is 0.337 e. The first kappa shape index (κ1) is 15.3. The summed E-state index contributed by atoms with van der Waals surface area (Å²) in [6.07, 6.45) is 1.07. The van der Waals surface area contributed by atoms with Crippen molar-refractivity contribution >= 4 is 33.4 Å². The van der Waals surface area contributed by atoms with Crippen LogP contribution in [0.3, 0.4) is 0 Å². The number of rotatable bonds is 4. The maximum absolute atomic E-state index is 12.3. The Morgan fingerprint density at radius 3 is 2.57 bits per heavy atom. The molecule has 0 atom stereocenters. The smallest absolute Gasteiger partial charge is 0.337 e. The molecule has 1 heterocycles. The fourth-order valence-corrected chi connectivity index (χ4v) is 3.16. The third kappa shape index (κ3) is 3.32. The van der Waals surface area contributed by atoms with Gasteiger partial charge in [0.05, 0.1) is 10.5 Å². The summed E-state index contributed by atoms with van der Waals surface area (Å²) >= 11 is 5.91. The van der Waals surface area contributed by atoms with Gasteiger partial charge >= 0.3 is 5.97 Å². The Labute approximate surface area is 126 Å². The number of benzene rings is 1. The normalized spacial score (nSPS) is 11.1. The summed E-state index contributed by atoms with van der Waals surface area (Å²) in [6, 6.07) is 7.09. The molecule has 0 saturated heterocycles. The molecule has 8 heteroatoms. The maximum atomic E-state index is 12.3. The average molecular weight is 327 g/mol. The van der Waals surface area contributed by atoms with Crippen molar-refractivity contribution in [2.45, 2.75) is 11.8 Å². The number of halogens is 1. The Morgan fingerprint density at radius 2 is 2.00 bits per heavy atom. The first-order valence-corrected chi connectivity index (χ1v) is 7.64. The molecule has 0 unspecified atom stereocenters. The number of pyridine rings is 1. The van der Waals surface area contributed by atoms with E-state index in [1.165, 1.54) is 24.3 Å². The van der Waals surface area contributed by atoms with E-state index in [1.54, 1.807) is 13.0 Å². The summed E-state index contributed by atoms with van der Waals surface area (Å²) in [5, 5.41) is 9.10. The number of hydrogen-bond donors (Lipinski definition) is 2. The second-order valence-electron chi connectivity index (χ2n) is 4.21. The molecular weight excluding hydrogens is 316 g/mol. The lowest BCUT2D eigenvalue weighted by Crippen LogP contribution is -2.15. The van der Waals surface area contributed by atoms with Crippen LogP contribution < -0.4 is 4.72 Å². The molecule has 1 aromatic heterocycles. The van der Waals surface area contributed by atoms with Crippen molar-refractivity contribution in [1.29, 1.82) is 0 Å². The van der Waals surface area contributed by atoms with E-state index in [0.29, 0.717) is 10.6 Å². The van der Waals surface area contributed by atoms with Crippen LogP contribution in [-0.4, -0.2) is 24.5 Å². The third-order valence-electron chi connectivity index (χ3n) is 2.76. The number of aromatic nitrogens is 1. The zero-order chi connectivity index (χ0) is 15.6. The van der Waals surface area contributed by atoms with Crippen molar-refractivity contribution in [3.8, 4) is 0 Å². The van der Waals surface area contributed by atoms with Crippen molar-refractivity contribution in [3.63, 3.8) is 0 Å². The van der Waals surface area contributed by atoms with Crippen molar-refractivity contribution in [3.05, 3.63) is 52.7 Å². The van der Waals surface area contributed by atoms with Gasteiger partial charge in [0.2, 0.25) is 0 Å². The molecule has 0 bridgehead atoms. The van der Waals surface area contributed by atoms with Gasteiger partial charge < -0.3 is 5.11 Å². The topological polar surface area (TPSA) is 96.4 Å². The van der Waals surface area contributed by atoms with Crippen molar-refractivity contribution in [2.24, 2.45) is 0 Å². The number of carboxylic acids is 1. The Kier molecular flexibility index (Phi) is 4.15. The van der Waals surface area contributed by atoms with Crippen LogP contribution in [-0.2, 0) is 10.0 Å². The van der Waals surface area contributed by atoms with Gasteiger partial charge in [-0.25, -0.2) is 18.2 Å². The molecule has 2 rings (SSSR count). The van der Waals surface area contributed by atoms with E-state index >= 15 is 0 Å². The quantitative estimate of drug-likeness (QED) is 0.900. The van der Waals surface area contributed by atoms with Gasteiger partial charge in [0.15, 0.2) is 0 Å². The summed E-state index contributed by atoms with van der Waals surface area (Å²) in [5.74, 6) is -1.11. The standard InChI is InChI=1S/C13H11ClN2O4S/c1-8-10(14)3-2-4-11(8)21(19,20)16-12-6-5-9(7-15-12)13(17)18/h2-7H,1H3,(H,15,16)(H,17,18). The molecule has 0 spiro atoms. The molecule has 2 aromatic rings. The predicted octanol–water partition coefficient (Wildman–Crippen LogP) is 2.54. The van der Waals surface area contributed by atoms with Crippen LogP contribution in [0.15, 0.2) is 41.4 Å². The van der Waals surface area contributed by atoms with Gasteiger partial charge in [-0.2, -0.15) is 0 Å². The summed E-state index contributed by atoms with van der Waals surface area (Å²) < 4.78 is 26.8. The molecule has 0 aliphatic carbocycles. The van der Waals surface area contributed by atoms with Gasteiger partial charge in [0, 0.05) is 11.2 Å². The third-order valence-corrected chi connectivity index (χ3v) is 4.67. The van der Waals surface area contributed by atoms with Gasteiger partial charge in [-0.1, -0.05) is 17.7 Å². The van der Waals surface area contributed by atoms with Gasteiger partial charge in [0.25, 0.3) is 10.0 Å². The van der Waals surface area contributed by atoms with E-state index in [1.807, 2.05) is 0 Å². The van der Waals surface area contributed by atoms with Crippen LogP contribution in [0.5, 0.6) is 0 Å². The highest BCUT2D eigenvalue weighted by Gasteiger charge is 2.18. The Bertz CT molecular complexity index is 788. The first-order chi connectivity index (χ1) is 9.81. The molecule has 0 aliphatic heterocycles. The van der Waals surface area contributed by atoms with Gasteiger partial charge in [-0.3, -0.25) is 4.72 Å². The van der Waals surface area contributed by atoms with Crippen LogP contribution in [0.25, 0.3) is 0 Å². The van der Waals surface area contributed by atoms with Crippen molar-refractivity contribution < 1.29 is 18.3 Å². The molecule has 0 saturated carbocycles. The zero-order valence-corrected chi connectivity index (χ0v) is 12.4. The van der Waals surface area contributed by atoms with Crippen LogP contribution in [0.2, 0.25) is 5.02 Å². The second-order valence-corrected chi connectivity index (χ2v) is 6.26. The first-order valence-electron chi connectivity index (χ1n) is 5.78. The number of nitrogens with zero attached hydrogens (tertiary/aromatic N) is 1. The van der Waals surface area contributed by atoms with E-state index in [4.69, 9.17) is 16.7 Å². The highest BCUT2D eigenvalue weighted by Crippen LogP contribution is 2.24. The molecule has 6 nitrogen and oxygen atoms in total. The fourth-order valence-electron chi connectivity index (χ4n) is 1.65. The van der Waals surface area contributed by atoms with Crippen molar-refractivity contribution in [2.75, 3.05) is 4.72 Å². The molecule has 2 N–H and O–H groups in total. The second kappa shape index (κ2) is 5.71. The van der Waals surface area contributed by atoms with E-state index in [-0.39, 0.29) is 16.3 Å². The number of anilines is 1. The van der Waals surface area contributed by atoms with E-state index in [2.05, 4.69) is 9.71 Å². The van der Waals surface area contributed by atoms with Crippen molar-refractivity contribution in [1.82, 2.24) is 4.98 Å². The monoisotopic (exact) mass is 326 g/mol. The number of carboxylic acid groups (broad SMARTS) is 1. The van der Waals surface area contributed by atoms with Gasteiger partial charge in [-0.05, 0) is 36.8 Å². The van der Waals surface area contributed by atoms with E-state index in [0.717, 1.165) is 6.20 Å². The SMILES string of the molecule is Cc1c(Cl)cccc1S(=O)(=O)Nc1ccc(C(=O)O)cn1. The number of nitrogens with one attached hydrogen (secondary N) is 1. The lowest BCUT2D eigenvalue weighted by atomic mass is 10.2. The molecule has 0 radical (unpaired) electrons.